The fraction of sp³-hybridized carbons (Fsp3) is 0.875. The van der Waals surface area contributed by atoms with Gasteiger partial charge < -0.3 is 4.79 Å². The molecule has 76 valence electrons. The molecule has 1 aliphatic heterocycles. The maximum atomic E-state index is 12.3. The van der Waals surface area contributed by atoms with E-state index in [1.165, 1.54) is 11.8 Å². The van der Waals surface area contributed by atoms with E-state index in [1.54, 1.807) is 0 Å². The van der Waals surface area contributed by atoms with Crippen LogP contribution < -0.4 is 0 Å². The molecule has 0 amide bonds. The molecular weight excluding hydrogens is 218 g/mol. The van der Waals surface area contributed by atoms with E-state index in [0.717, 1.165) is 18.5 Å². The van der Waals surface area contributed by atoms with E-state index in [2.05, 4.69) is 0 Å². The second-order valence-corrected chi connectivity index (χ2v) is 5.31. The van der Waals surface area contributed by atoms with Gasteiger partial charge in [-0.15, -0.1) is 11.8 Å². The molecule has 1 unspecified atom stereocenters. The summed E-state index contributed by atoms with van der Waals surface area (Å²) in [5.74, 6) is 0.882. The van der Waals surface area contributed by atoms with Crippen LogP contribution in [0.4, 0.5) is 8.78 Å². The van der Waals surface area contributed by atoms with Crippen molar-refractivity contribution in [3.63, 3.8) is 0 Å². The molecule has 0 aromatic rings. The first kappa shape index (κ1) is 11.2. The molecule has 1 fully saturated rings. The number of carbonyl (C=O) groups excluding carboxylic acids is 1. The van der Waals surface area contributed by atoms with Gasteiger partial charge in [-0.05, 0) is 36.6 Å². The van der Waals surface area contributed by atoms with Gasteiger partial charge in [0.25, 0.3) is 0 Å². The summed E-state index contributed by atoms with van der Waals surface area (Å²) in [5, 5.41) is -3.17. The lowest BCUT2D eigenvalue weighted by Gasteiger charge is -2.21. The Balaban J connectivity index is 2.45. The molecule has 0 aromatic heterocycles. The molecule has 13 heavy (non-hydrogen) atoms. The molecular formula is C8H11ClF2OS. The average Bonchev–Trinajstić information content (AvgIpc) is 2.49. The highest BCUT2D eigenvalue weighted by molar-refractivity contribution is 8.01. The standard InChI is InChI=1S/C8H11ClF2OS/c9-8(10,11)4-3-7(6-12)2-1-5-13-7/h6H,1-5H2. The Hall–Kier alpha value is 0.170. The molecule has 1 nitrogen and oxygen atoms in total. The van der Waals surface area contributed by atoms with Crippen molar-refractivity contribution >= 4 is 29.6 Å². The van der Waals surface area contributed by atoms with Crippen LogP contribution in [-0.2, 0) is 4.79 Å². The Morgan fingerprint density at radius 2 is 2.31 bits per heavy atom. The molecule has 1 rings (SSSR count). The fourth-order valence-corrected chi connectivity index (χ4v) is 2.81. The third-order valence-electron chi connectivity index (χ3n) is 2.18. The molecule has 1 heterocycles. The van der Waals surface area contributed by atoms with Gasteiger partial charge in [-0.1, -0.05) is 0 Å². The molecule has 0 saturated carbocycles. The monoisotopic (exact) mass is 228 g/mol. The van der Waals surface area contributed by atoms with Gasteiger partial charge in [0.2, 0.25) is 0 Å². The molecule has 1 saturated heterocycles. The first-order valence-corrected chi connectivity index (χ1v) is 5.51. The number of halogens is 3. The minimum Gasteiger partial charge on any atom is -0.302 e. The summed E-state index contributed by atoms with van der Waals surface area (Å²) in [6.07, 6.45) is 2.19. The molecule has 0 aromatic carbocycles. The molecule has 1 aliphatic rings. The molecule has 1 atom stereocenters. The summed E-state index contributed by atoms with van der Waals surface area (Å²) in [4.78, 5) is 10.7. The van der Waals surface area contributed by atoms with Crippen molar-refractivity contribution in [2.45, 2.75) is 35.8 Å². The van der Waals surface area contributed by atoms with Gasteiger partial charge in [-0.2, -0.15) is 8.78 Å². The number of hydrogen-bond acceptors (Lipinski definition) is 2. The predicted octanol–water partition coefficient (Wildman–Crippen LogP) is 3.06. The summed E-state index contributed by atoms with van der Waals surface area (Å²) >= 11 is 6.24. The third kappa shape index (κ3) is 3.43. The van der Waals surface area contributed by atoms with Crippen LogP contribution in [0.1, 0.15) is 25.7 Å². The van der Waals surface area contributed by atoms with Gasteiger partial charge in [-0.25, -0.2) is 0 Å². The van der Waals surface area contributed by atoms with Gasteiger partial charge >= 0.3 is 5.38 Å². The molecule has 0 N–H and O–H groups in total. The van der Waals surface area contributed by atoms with Crippen LogP contribution in [0.3, 0.4) is 0 Å². The van der Waals surface area contributed by atoms with Crippen LogP contribution in [0.25, 0.3) is 0 Å². The average molecular weight is 229 g/mol. The van der Waals surface area contributed by atoms with E-state index in [9.17, 15) is 13.6 Å². The van der Waals surface area contributed by atoms with Crippen LogP contribution in [-0.4, -0.2) is 22.2 Å². The van der Waals surface area contributed by atoms with Crippen molar-refractivity contribution in [1.29, 1.82) is 0 Å². The highest BCUT2D eigenvalue weighted by Crippen LogP contribution is 2.42. The highest BCUT2D eigenvalue weighted by Gasteiger charge is 2.37. The molecule has 0 bridgehead atoms. The van der Waals surface area contributed by atoms with Crippen molar-refractivity contribution in [1.82, 2.24) is 0 Å². The molecule has 0 radical (unpaired) electrons. The first-order valence-electron chi connectivity index (χ1n) is 4.14. The van der Waals surface area contributed by atoms with Gasteiger partial charge in [0.1, 0.15) is 6.29 Å². The Morgan fingerprint density at radius 3 is 2.69 bits per heavy atom. The van der Waals surface area contributed by atoms with Crippen LogP contribution in [0, 0.1) is 0 Å². The number of hydrogen-bond donors (Lipinski definition) is 0. The topological polar surface area (TPSA) is 17.1 Å². The normalized spacial score (nSPS) is 29.2. The number of aldehydes is 1. The minimum atomic E-state index is -3.17. The largest absolute Gasteiger partial charge is 0.321 e. The van der Waals surface area contributed by atoms with Crippen molar-refractivity contribution in [3.8, 4) is 0 Å². The minimum absolute atomic E-state index is 0.178. The third-order valence-corrected chi connectivity index (χ3v) is 3.94. The van der Waals surface area contributed by atoms with Crippen molar-refractivity contribution < 1.29 is 13.6 Å². The summed E-state index contributed by atoms with van der Waals surface area (Å²) in [5.41, 5.74) is 0. The molecule has 0 aliphatic carbocycles. The molecule has 5 heteroatoms. The summed E-state index contributed by atoms with van der Waals surface area (Å²) in [6, 6.07) is 0. The zero-order valence-corrected chi connectivity index (χ0v) is 8.64. The number of carbonyl (C=O) groups is 1. The van der Waals surface area contributed by atoms with E-state index in [0.29, 0.717) is 6.42 Å². The Kier molecular flexibility index (Phi) is 3.57. The second kappa shape index (κ2) is 4.13. The van der Waals surface area contributed by atoms with Crippen LogP contribution in [0.5, 0.6) is 0 Å². The number of alkyl halides is 3. The lowest BCUT2D eigenvalue weighted by Crippen LogP contribution is -2.25. The van der Waals surface area contributed by atoms with E-state index in [1.807, 2.05) is 0 Å². The maximum Gasteiger partial charge on any atom is 0.321 e. The van der Waals surface area contributed by atoms with Crippen LogP contribution >= 0.6 is 23.4 Å². The fourth-order valence-electron chi connectivity index (χ4n) is 1.42. The maximum absolute atomic E-state index is 12.3. The SMILES string of the molecule is O=CC1(CCC(F)(F)Cl)CCCS1. The van der Waals surface area contributed by atoms with Crippen LogP contribution in [0.2, 0.25) is 0 Å². The lowest BCUT2D eigenvalue weighted by molar-refractivity contribution is -0.110. The molecule has 0 spiro atoms. The lowest BCUT2D eigenvalue weighted by atomic mass is 9.99. The smallest absolute Gasteiger partial charge is 0.302 e. The first-order chi connectivity index (χ1) is 5.97. The van der Waals surface area contributed by atoms with Gasteiger partial charge in [-0.3, -0.25) is 0 Å². The highest BCUT2D eigenvalue weighted by atomic mass is 35.5. The van der Waals surface area contributed by atoms with E-state index >= 15 is 0 Å². The van der Waals surface area contributed by atoms with Gasteiger partial charge in [0.15, 0.2) is 0 Å². The summed E-state index contributed by atoms with van der Waals surface area (Å²) in [7, 11) is 0. The van der Waals surface area contributed by atoms with Crippen molar-refractivity contribution in [2.75, 3.05) is 5.75 Å². The predicted molar refractivity (Wildman–Crippen MR) is 50.5 cm³/mol. The summed E-state index contributed by atoms with van der Waals surface area (Å²) < 4.78 is 24.1. The van der Waals surface area contributed by atoms with Crippen molar-refractivity contribution in [3.05, 3.63) is 0 Å². The second-order valence-electron chi connectivity index (χ2n) is 3.25. The van der Waals surface area contributed by atoms with E-state index in [-0.39, 0.29) is 6.42 Å². The van der Waals surface area contributed by atoms with Gasteiger partial charge in [0.05, 0.1) is 4.75 Å². The van der Waals surface area contributed by atoms with Gasteiger partial charge in [0, 0.05) is 6.42 Å². The van der Waals surface area contributed by atoms with E-state index in [4.69, 9.17) is 11.6 Å². The zero-order valence-electron chi connectivity index (χ0n) is 7.06. The quantitative estimate of drug-likeness (QED) is 0.544. The Morgan fingerprint density at radius 1 is 1.62 bits per heavy atom. The zero-order chi connectivity index (χ0) is 9.95. The van der Waals surface area contributed by atoms with Crippen LogP contribution in [0.15, 0.2) is 0 Å². The number of thioether (sulfide) groups is 1. The van der Waals surface area contributed by atoms with E-state index < -0.39 is 16.5 Å². The Labute approximate surface area is 85.2 Å². The Bertz CT molecular complexity index is 187. The summed E-state index contributed by atoms with van der Waals surface area (Å²) in [6.45, 7) is 0. The van der Waals surface area contributed by atoms with Crippen molar-refractivity contribution in [2.24, 2.45) is 0 Å². The number of rotatable bonds is 4.